The number of aryl methyl sites for hydroxylation is 2. The van der Waals surface area contributed by atoms with Crippen LogP contribution in [-0.2, 0) is 13.1 Å². The molecule has 4 heteroatoms. The largest absolute Gasteiger partial charge is 0.329 e. The third-order valence-corrected chi connectivity index (χ3v) is 2.27. The van der Waals surface area contributed by atoms with E-state index < -0.39 is 0 Å². The molecule has 1 heterocycles. The summed E-state index contributed by atoms with van der Waals surface area (Å²) in [6.45, 7) is 8.62. The summed E-state index contributed by atoms with van der Waals surface area (Å²) in [7, 11) is 0. The molecular formula is C10H20N4. The van der Waals surface area contributed by atoms with Gasteiger partial charge in [-0.1, -0.05) is 0 Å². The van der Waals surface area contributed by atoms with Gasteiger partial charge in [0, 0.05) is 25.7 Å². The van der Waals surface area contributed by atoms with Gasteiger partial charge in [0.05, 0.1) is 11.4 Å². The van der Waals surface area contributed by atoms with Crippen LogP contribution in [0.3, 0.4) is 0 Å². The van der Waals surface area contributed by atoms with Gasteiger partial charge < -0.3 is 11.1 Å². The lowest BCUT2D eigenvalue weighted by molar-refractivity contribution is 0.521. The molecule has 1 rings (SSSR count). The standard InChI is InChI=1S/C10H20N4/c1-4-14-10(5-8(2)13-14)7-12-9(3)6-11/h5,9,12H,4,6-7,11H2,1-3H3. The lowest BCUT2D eigenvalue weighted by Gasteiger charge is -2.11. The molecule has 0 bridgehead atoms. The Morgan fingerprint density at radius 3 is 2.93 bits per heavy atom. The van der Waals surface area contributed by atoms with Gasteiger partial charge in [-0.25, -0.2) is 0 Å². The van der Waals surface area contributed by atoms with Crippen LogP contribution in [0.15, 0.2) is 6.07 Å². The summed E-state index contributed by atoms with van der Waals surface area (Å²) < 4.78 is 2.02. The number of nitrogens with zero attached hydrogens (tertiary/aromatic N) is 2. The number of nitrogens with one attached hydrogen (secondary N) is 1. The van der Waals surface area contributed by atoms with Crippen LogP contribution in [0.5, 0.6) is 0 Å². The van der Waals surface area contributed by atoms with Crippen molar-refractivity contribution in [2.24, 2.45) is 5.73 Å². The second-order valence-corrected chi connectivity index (χ2v) is 3.61. The van der Waals surface area contributed by atoms with E-state index in [0.29, 0.717) is 12.6 Å². The van der Waals surface area contributed by atoms with Gasteiger partial charge in [0.25, 0.3) is 0 Å². The molecule has 0 aliphatic rings. The minimum Gasteiger partial charge on any atom is -0.329 e. The van der Waals surface area contributed by atoms with Crippen molar-refractivity contribution in [3.05, 3.63) is 17.5 Å². The molecule has 0 saturated carbocycles. The Kier molecular flexibility index (Phi) is 4.10. The number of nitrogens with two attached hydrogens (primary N) is 1. The van der Waals surface area contributed by atoms with Crippen LogP contribution in [0.1, 0.15) is 25.2 Å². The second kappa shape index (κ2) is 5.12. The fourth-order valence-corrected chi connectivity index (χ4v) is 1.38. The first-order valence-electron chi connectivity index (χ1n) is 5.14. The van der Waals surface area contributed by atoms with Crippen LogP contribution in [0.2, 0.25) is 0 Å². The van der Waals surface area contributed by atoms with Crippen molar-refractivity contribution in [2.45, 2.75) is 39.9 Å². The molecule has 14 heavy (non-hydrogen) atoms. The summed E-state index contributed by atoms with van der Waals surface area (Å²) >= 11 is 0. The average Bonchev–Trinajstić information content (AvgIpc) is 2.55. The van der Waals surface area contributed by atoms with E-state index in [0.717, 1.165) is 18.8 Å². The third-order valence-electron chi connectivity index (χ3n) is 2.27. The number of aromatic nitrogens is 2. The molecule has 1 aromatic heterocycles. The first-order valence-corrected chi connectivity index (χ1v) is 5.14. The zero-order valence-corrected chi connectivity index (χ0v) is 9.25. The van der Waals surface area contributed by atoms with Gasteiger partial charge in [0.1, 0.15) is 0 Å². The third kappa shape index (κ3) is 2.82. The highest BCUT2D eigenvalue weighted by molar-refractivity contribution is 5.08. The minimum absolute atomic E-state index is 0.357. The maximum Gasteiger partial charge on any atom is 0.0597 e. The van der Waals surface area contributed by atoms with Gasteiger partial charge in [-0.05, 0) is 26.8 Å². The predicted octanol–water partition coefficient (Wildman–Crippen LogP) is 0.648. The zero-order valence-electron chi connectivity index (χ0n) is 9.25. The molecule has 0 aromatic carbocycles. The van der Waals surface area contributed by atoms with Crippen LogP contribution < -0.4 is 11.1 Å². The lowest BCUT2D eigenvalue weighted by Crippen LogP contribution is -2.33. The first-order chi connectivity index (χ1) is 6.67. The SMILES string of the molecule is CCn1nc(C)cc1CNC(C)CN. The summed E-state index contributed by atoms with van der Waals surface area (Å²) in [4.78, 5) is 0. The summed E-state index contributed by atoms with van der Waals surface area (Å²) in [6, 6.07) is 2.47. The molecular weight excluding hydrogens is 176 g/mol. The van der Waals surface area contributed by atoms with Crippen molar-refractivity contribution in [3.8, 4) is 0 Å². The molecule has 0 radical (unpaired) electrons. The first kappa shape index (κ1) is 11.2. The van der Waals surface area contributed by atoms with E-state index in [-0.39, 0.29) is 0 Å². The van der Waals surface area contributed by atoms with Gasteiger partial charge in [0.15, 0.2) is 0 Å². The molecule has 1 aromatic rings. The molecule has 0 aliphatic heterocycles. The summed E-state index contributed by atoms with van der Waals surface area (Å²) in [6.07, 6.45) is 0. The van der Waals surface area contributed by atoms with Gasteiger partial charge >= 0.3 is 0 Å². The van der Waals surface area contributed by atoms with E-state index in [9.17, 15) is 0 Å². The lowest BCUT2D eigenvalue weighted by atomic mass is 10.3. The summed E-state index contributed by atoms with van der Waals surface area (Å²) in [5.41, 5.74) is 7.83. The Bertz CT molecular complexity index is 280. The maximum absolute atomic E-state index is 5.53. The van der Waals surface area contributed by atoms with E-state index in [1.54, 1.807) is 0 Å². The monoisotopic (exact) mass is 196 g/mol. The van der Waals surface area contributed by atoms with E-state index in [2.05, 4.69) is 30.3 Å². The Labute approximate surface area is 85.5 Å². The highest BCUT2D eigenvalue weighted by Crippen LogP contribution is 2.03. The fraction of sp³-hybridized carbons (Fsp3) is 0.700. The molecule has 0 aliphatic carbocycles. The zero-order chi connectivity index (χ0) is 10.6. The Morgan fingerprint density at radius 2 is 2.36 bits per heavy atom. The highest BCUT2D eigenvalue weighted by Gasteiger charge is 2.04. The minimum atomic E-state index is 0.357. The normalized spacial score (nSPS) is 13.1. The van der Waals surface area contributed by atoms with Crippen molar-refractivity contribution in [1.29, 1.82) is 0 Å². The predicted molar refractivity (Wildman–Crippen MR) is 58.0 cm³/mol. The Hall–Kier alpha value is -0.870. The molecule has 1 unspecified atom stereocenters. The topological polar surface area (TPSA) is 55.9 Å². The average molecular weight is 196 g/mol. The van der Waals surface area contributed by atoms with E-state index in [1.807, 2.05) is 11.6 Å². The summed E-state index contributed by atoms with van der Waals surface area (Å²) in [5.74, 6) is 0. The van der Waals surface area contributed by atoms with Crippen molar-refractivity contribution in [1.82, 2.24) is 15.1 Å². The second-order valence-electron chi connectivity index (χ2n) is 3.61. The van der Waals surface area contributed by atoms with Crippen LogP contribution in [0.25, 0.3) is 0 Å². The van der Waals surface area contributed by atoms with Gasteiger partial charge in [0.2, 0.25) is 0 Å². The Morgan fingerprint density at radius 1 is 1.64 bits per heavy atom. The van der Waals surface area contributed by atoms with E-state index >= 15 is 0 Å². The quantitative estimate of drug-likeness (QED) is 0.727. The number of hydrogen-bond donors (Lipinski definition) is 2. The highest BCUT2D eigenvalue weighted by atomic mass is 15.3. The van der Waals surface area contributed by atoms with Crippen molar-refractivity contribution in [2.75, 3.05) is 6.54 Å². The van der Waals surface area contributed by atoms with E-state index in [4.69, 9.17) is 5.73 Å². The smallest absolute Gasteiger partial charge is 0.0597 e. The molecule has 0 fully saturated rings. The van der Waals surface area contributed by atoms with Gasteiger partial charge in [-0.3, -0.25) is 4.68 Å². The van der Waals surface area contributed by atoms with Gasteiger partial charge in [-0.2, -0.15) is 5.10 Å². The van der Waals surface area contributed by atoms with Crippen molar-refractivity contribution in [3.63, 3.8) is 0 Å². The molecule has 3 N–H and O–H groups in total. The molecule has 0 amide bonds. The van der Waals surface area contributed by atoms with Crippen LogP contribution in [-0.4, -0.2) is 22.4 Å². The van der Waals surface area contributed by atoms with Crippen LogP contribution >= 0.6 is 0 Å². The molecule has 4 nitrogen and oxygen atoms in total. The fourth-order valence-electron chi connectivity index (χ4n) is 1.38. The van der Waals surface area contributed by atoms with Crippen LogP contribution in [0, 0.1) is 6.92 Å². The molecule has 0 saturated heterocycles. The van der Waals surface area contributed by atoms with Crippen molar-refractivity contribution < 1.29 is 0 Å². The maximum atomic E-state index is 5.53. The van der Waals surface area contributed by atoms with Crippen molar-refractivity contribution >= 4 is 0 Å². The van der Waals surface area contributed by atoms with Gasteiger partial charge in [-0.15, -0.1) is 0 Å². The molecule has 0 spiro atoms. The molecule has 1 atom stereocenters. The number of hydrogen-bond acceptors (Lipinski definition) is 3. The Balaban J connectivity index is 2.57. The molecule has 80 valence electrons. The van der Waals surface area contributed by atoms with E-state index in [1.165, 1.54) is 5.69 Å². The number of rotatable bonds is 5. The van der Waals surface area contributed by atoms with Crippen LogP contribution in [0.4, 0.5) is 0 Å². The summed E-state index contributed by atoms with van der Waals surface area (Å²) in [5, 5.41) is 7.73.